The van der Waals surface area contributed by atoms with Crippen LogP contribution in [0.15, 0.2) is 24.3 Å². The predicted molar refractivity (Wildman–Crippen MR) is 67.4 cm³/mol. The molecule has 2 rings (SSSR count). The number of aromatic nitrogens is 2. The third-order valence-electron chi connectivity index (χ3n) is 2.70. The summed E-state index contributed by atoms with van der Waals surface area (Å²) < 4.78 is 0. The third kappa shape index (κ3) is 2.46. The number of carbonyl (C=O) groups excluding carboxylic acids is 1. The Morgan fingerprint density at radius 3 is 2.76 bits per heavy atom. The molecule has 90 valence electrons. The Morgan fingerprint density at radius 1 is 1.41 bits per heavy atom. The van der Waals surface area contributed by atoms with Crippen LogP contribution in [0.1, 0.15) is 19.7 Å². The van der Waals surface area contributed by atoms with Crippen LogP contribution in [0.5, 0.6) is 0 Å². The molecule has 0 saturated carbocycles. The van der Waals surface area contributed by atoms with Gasteiger partial charge in [-0.15, -0.1) is 0 Å². The predicted octanol–water partition coefficient (Wildman–Crippen LogP) is 2.18. The standard InChI is InChI=1S/C13H17N3O/c1-9(2)13(17)16(3)8-12-14-10-6-4-5-7-11(10)15-12/h4-7,9H,8H2,1-3H3,(H,14,15). The van der Waals surface area contributed by atoms with Gasteiger partial charge in [0.1, 0.15) is 5.82 Å². The second kappa shape index (κ2) is 4.57. The minimum absolute atomic E-state index is 0.0179. The van der Waals surface area contributed by atoms with E-state index in [0.717, 1.165) is 16.9 Å². The molecule has 0 bridgehead atoms. The first-order valence-corrected chi connectivity index (χ1v) is 5.76. The van der Waals surface area contributed by atoms with Crippen LogP contribution in [-0.4, -0.2) is 27.8 Å². The van der Waals surface area contributed by atoms with E-state index >= 15 is 0 Å². The third-order valence-corrected chi connectivity index (χ3v) is 2.70. The Bertz CT molecular complexity index is 497. The molecule has 0 saturated heterocycles. The van der Waals surface area contributed by atoms with E-state index in [1.165, 1.54) is 0 Å². The molecule has 0 unspecified atom stereocenters. The zero-order valence-corrected chi connectivity index (χ0v) is 10.4. The quantitative estimate of drug-likeness (QED) is 0.880. The van der Waals surface area contributed by atoms with E-state index in [1.807, 2.05) is 38.1 Å². The van der Waals surface area contributed by atoms with Crippen LogP contribution in [0.25, 0.3) is 11.0 Å². The van der Waals surface area contributed by atoms with E-state index in [-0.39, 0.29) is 11.8 Å². The average molecular weight is 231 g/mol. The molecular formula is C13H17N3O. The Hall–Kier alpha value is -1.84. The van der Waals surface area contributed by atoms with Crippen molar-refractivity contribution in [1.29, 1.82) is 0 Å². The minimum atomic E-state index is 0.0179. The number of hydrogen-bond acceptors (Lipinski definition) is 2. The number of nitrogens with zero attached hydrogens (tertiary/aromatic N) is 2. The van der Waals surface area contributed by atoms with Gasteiger partial charge < -0.3 is 9.88 Å². The molecular weight excluding hydrogens is 214 g/mol. The Morgan fingerprint density at radius 2 is 2.12 bits per heavy atom. The van der Waals surface area contributed by atoms with Gasteiger partial charge >= 0.3 is 0 Å². The first kappa shape index (κ1) is 11.6. The van der Waals surface area contributed by atoms with Crippen molar-refractivity contribution in [3.05, 3.63) is 30.1 Å². The number of aromatic amines is 1. The smallest absolute Gasteiger partial charge is 0.225 e. The number of fused-ring (bicyclic) bond motifs is 1. The van der Waals surface area contributed by atoms with Gasteiger partial charge in [0, 0.05) is 13.0 Å². The summed E-state index contributed by atoms with van der Waals surface area (Å²) in [5.74, 6) is 0.970. The lowest BCUT2D eigenvalue weighted by atomic mass is 10.2. The van der Waals surface area contributed by atoms with Gasteiger partial charge in [0.15, 0.2) is 0 Å². The van der Waals surface area contributed by atoms with E-state index in [0.29, 0.717) is 6.54 Å². The van der Waals surface area contributed by atoms with E-state index in [2.05, 4.69) is 9.97 Å². The first-order valence-electron chi connectivity index (χ1n) is 5.76. The van der Waals surface area contributed by atoms with Crippen molar-refractivity contribution < 1.29 is 4.79 Å². The molecule has 0 radical (unpaired) electrons. The lowest BCUT2D eigenvalue weighted by Crippen LogP contribution is -2.30. The number of hydrogen-bond donors (Lipinski definition) is 1. The van der Waals surface area contributed by atoms with E-state index < -0.39 is 0 Å². The highest BCUT2D eigenvalue weighted by atomic mass is 16.2. The summed E-state index contributed by atoms with van der Waals surface area (Å²) in [6.07, 6.45) is 0. The highest BCUT2D eigenvalue weighted by molar-refractivity contribution is 5.78. The molecule has 2 aromatic rings. The zero-order chi connectivity index (χ0) is 12.4. The van der Waals surface area contributed by atoms with Gasteiger partial charge in [-0.3, -0.25) is 4.79 Å². The van der Waals surface area contributed by atoms with Crippen molar-refractivity contribution in [2.24, 2.45) is 5.92 Å². The molecule has 4 heteroatoms. The summed E-state index contributed by atoms with van der Waals surface area (Å²) in [5.41, 5.74) is 1.95. The van der Waals surface area contributed by atoms with Crippen LogP contribution in [0.4, 0.5) is 0 Å². The number of para-hydroxylation sites is 2. The topological polar surface area (TPSA) is 49.0 Å². The lowest BCUT2D eigenvalue weighted by Gasteiger charge is -2.17. The van der Waals surface area contributed by atoms with Crippen LogP contribution >= 0.6 is 0 Å². The largest absolute Gasteiger partial charge is 0.340 e. The molecule has 1 amide bonds. The summed E-state index contributed by atoms with van der Waals surface area (Å²) in [6, 6.07) is 7.86. The van der Waals surface area contributed by atoms with E-state index in [9.17, 15) is 4.79 Å². The molecule has 1 aromatic heterocycles. The number of rotatable bonds is 3. The molecule has 1 heterocycles. The normalized spacial score (nSPS) is 11.1. The first-order chi connectivity index (χ1) is 8.08. The SMILES string of the molecule is CC(C)C(=O)N(C)Cc1nc2ccccc2[nH]1. The molecule has 4 nitrogen and oxygen atoms in total. The van der Waals surface area contributed by atoms with Crippen molar-refractivity contribution in [2.75, 3.05) is 7.05 Å². The fourth-order valence-corrected chi connectivity index (χ4v) is 1.82. The highest BCUT2D eigenvalue weighted by Crippen LogP contribution is 2.12. The molecule has 17 heavy (non-hydrogen) atoms. The molecule has 0 aliphatic carbocycles. The lowest BCUT2D eigenvalue weighted by molar-refractivity contribution is -0.133. The van der Waals surface area contributed by atoms with Gasteiger partial charge in [0.25, 0.3) is 0 Å². The summed E-state index contributed by atoms with van der Waals surface area (Å²) >= 11 is 0. The van der Waals surface area contributed by atoms with Crippen molar-refractivity contribution in [1.82, 2.24) is 14.9 Å². The van der Waals surface area contributed by atoms with Gasteiger partial charge in [-0.1, -0.05) is 26.0 Å². The minimum Gasteiger partial charge on any atom is -0.340 e. The van der Waals surface area contributed by atoms with E-state index in [1.54, 1.807) is 11.9 Å². The van der Waals surface area contributed by atoms with Crippen LogP contribution in [0.3, 0.4) is 0 Å². The summed E-state index contributed by atoms with van der Waals surface area (Å²) in [4.78, 5) is 21.1. The average Bonchev–Trinajstić information content (AvgIpc) is 2.69. The van der Waals surface area contributed by atoms with Crippen molar-refractivity contribution in [3.63, 3.8) is 0 Å². The monoisotopic (exact) mass is 231 g/mol. The molecule has 0 aliphatic rings. The van der Waals surface area contributed by atoms with Crippen molar-refractivity contribution in [3.8, 4) is 0 Å². The van der Waals surface area contributed by atoms with Crippen LogP contribution < -0.4 is 0 Å². The molecule has 0 fully saturated rings. The van der Waals surface area contributed by atoms with Crippen molar-refractivity contribution in [2.45, 2.75) is 20.4 Å². The number of nitrogens with one attached hydrogen (secondary N) is 1. The second-order valence-corrected chi connectivity index (χ2v) is 4.55. The Kier molecular flexibility index (Phi) is 3.13. The van der Waals surface area contributed by atoms with Gasteiger partial charge in [0.2, 0.25) is 5.91 Å². The second-order valence-electron chi connectivity index (χ2n) is 4.55. The summed E-state index contributed by atoms with van der Waals surface area (Å²) in [7, 11) is 1.80. The van der Waals surface area contributed by atoms with Crippen molar-refractivity contribution >= 4 is 16.9 Å². The summed E-state index contributed by atoms with van der Waals surface area (Å²) in [6.45, 7) is 4.32. The Balaban J connectivity index is 2.16. The fourth-order valence-electron chi connectivity index (χ4n) is 1.82. The highest BCUT2D eigenvalue weighted by Gasteiger charge is 2.14. The maximum absolute atomic E-state index is 11.7. The van der Waals surface area contributed by atoms with Crippen LogP contribution in [0, 0.1) is 5.92 Å². The van der Waals surface area contributed by atoms with E-state index in [4.69, 9.17) is 0 Å². The Labute approximate surface area is 101 Å². The van der Waals surface area contributed by atoms with Gasteiger partial charge in [-0.25, -0.2) is 4.98 Å². The maximum atomic E-state index is 11.7. The number of imidazole rings is 1. The maximum Gasteiger partial charge on any atom is 0.225 e. The molecule has 1 N–H and O–H groups in total. The molecule has 0 spiro atoms. The number of H-pyrrole nitrogens is 1. The number of amides is 1. The number of benzene rings is 1. The number of carbonyl (C=O) groups is 1. The van der Waals surface area contributed by atoms with Crippen LogP contribution in [0.2, 0.25) is 0 Å². The van der Waals surface area contributed by atoms with Gasteiger partial charge in [0.05, 0.1) is 17.6 Å². The van der Waals surface area contributed by atoms with Gasteiger partial charge in [-0.2, -0.15) is 0 Å². The molecule has 1 aromatic carbocycles. The molecule has 0 aliphatic heterocycles. The fraction of sp³-hybridized carbons (Fsp3) is 0.385. The van der Waals surface area contributed by atoms with Crippen LogP contribution in [-0.2, 0) is 11.3 Å². The summed E-state index contributed by atoms with van der Waals surface area (Å²) in [5, 5.41) is 0. The van der Waals surface area contributed by atoms with Gasteiger partial charge in [-0.05, 0) is 12.1 Å². The zero-order valence-electron chi connectivity index (χ0n) is 10.4. The molecule has 0 atom stereocenters.